The molecule has 0 aliphatic heterocycles. The number of hydrogen-bond acceptors (Lipinski definition) is 1. The molecule has 114 valence electrons. The van der Waals surface area contributed by atoms with Gasteiger partial charge in [-0.15, -0.1) is 0 Å². The van der Waals surface area contributed by atoms with Gasteiger partial charge in [0.1, 0.15) is 5.82 Å². The Labute approximate surface area is 127 Å². The second-order valence-electron chi connectivity index (χ2n) is 5.65. The predicted molar refractivity (Wildman–Crippen MR) is 85.9 cm³/mol. The summed E-state index contributed by atoms with van der Waals surface area (Å²) in [7, 11) is 0. The number of rotatable bonds is 9. The molecule has 0 saturated heterocycles. The standard InChI is InChI=1S/C17H27ClFN/c1-4-7-10-17(5-2,13-20-6-3)12-14-8-9-15(19)11-16(14)18/h8-9,11,20H,4-7,10,12-13H2,1-3H3. The van der Waals surface area contributed by atoms with E-state index < -0.39 is 0 Å². The maximum Gasteiger partial charge on any atom is 0.124 e. The van der Waals surface area contributed by atoms with Gasteiger partial charge in [-0.05, 0) is 48.9 Å². The van der Waals surface area contributed by atoms with Crippen molar-refractivity contribution in [3.63, 3.8) is 0 Å². The van der Waals surface area contributed by atoms with Crippen LogP contribution in [0.4, 0.5) is 4.39 Å². The van der Waals surface area contributed by atoms with E-state index in [2.05, 4.69) is 26.1 Å². The van der Waals surface area contributed by atoms with Crippen molar-refractivity contribution in [2.75, 3.05) is 13.1 Å². The normalized spacial score (nSPS) is 14.2. The summed E-state index contributed by atoms with van der Waals surface area (Å²) in [5.41, 5.74) is 1.27. The molecule has 1 aromatic rings. The van der Waals surface area contributed by atoms with Crippen molar-refractivity contribution in [2.45, 2.75) is 52.9 Å². The van der Waals surface area contributed by atoms with Gasteiger partial charge < -0.3 is 5.32 Å². The lowest BCUT2D eigenvalue weighted by Crippen LogP contribution is -2.36. The lowest BCUT2D eigenvalue weighted by Gasteiger charge is -2.34. The van der Waals surface area contributed by atoms with E-state index in [1.165, 1.54) is 31.4 Å². The van der Waals surface area contributed by atoms with Gasteiger partial charge in [-0.25, -0.2) is 4.39 Å². The van der Waals surface area contributed by atoms with Crippen LogP contribution in [0.1, 0.15) is 52.0 Å². The van der Waals surface area contributed by atoms with Crippen LogP contribution in [0.15, 0.2) is 18.2 Å². The van der Waals surface area contributed by atoms with Gasteiger partial charge in [-0.2, -0.15) is 0 Å². The van der Waals surface area contributed by atoms with Crippen LogP contribution in [0.2, 0.25) is 5.02 Å². The third-order valence-corrected chi connectivity index (χ3v) is 4.49. The fourth-order valence-corrected chi connectivity index (χ4v) is 2.91. The van der Waals surface area contributed by atoms with Crippen LogP contribution >= 0.6 is 11.6 Å². The molecule has 0 aliphatic rings. The third kappa shape index (κ3) is 5.06. The van der Waals surface area contributed by atoms with Gasteiger partial charge in [-0.1, -0.05) is 51.3 Å². The van der Waals surface area contributed by atoms with Crippen molar-refractivity contribution >= 4 is 11.6 Å². The molecule has 1 nitrogen and oxygen atoms in total. The highest BCUT2D eigenvalue weighted by Crippen LogP contribution is 2.34. The number of benzene rings is 1. The van der Waals surface area contributed by atoms with E-state index in [4.69, 9.17) is 11.6 Å². The summed E-state index contributed by atoms with van der Waals surface area (Å²) in [6, 6.07) is 4.76. The minimum Gasteiger partial charge on any atom is -0.316 e. The average molecular weight is 300 g/mol. The molecule has 20 heavy (non-hydrogen) atoms. The molecule has 1 rings (SSSR count). The lowest BCUT2D eigenvalue weighted by molar-refractivity contribution is 0.231. The SMILES string of the molecule is CCCCC(CC)(CNCC)Cc1ccc(F)cc1Cl. The molecule has 0 radical (unpaired) electrons. The number of unbranched alkanes of at least 4 members (excludes halogenated alkanes) is 1. The first kappa shape index (κ1) is 17.5. The predicted octanol–water partition coefficient (Wildman–Crippen LogP) is 5.22. The Morgan fingerprint density at radius 2 is 2.00 bits per heavy atom. The maximum atomic E-state index is 13.2. The van der Waals surface area contributed by atoms with E-state index >= 15 is 0 Å². The molecular formula is C17H27ClFN. The molecule has 1 unspecified atom stereocenters. The highest BCUT2D eigenvalue weighted by atomic mass is 35.5. The molecular weight excluding hydrogens is 273 g/mol. The van der Waals surface area contributed by atoms with Crippen LogP contribution in [-0.4, -0.2) is 13.1 Å². The molecule has 1 aromatic carbocycles. The Hall–Kier alpha value is -0.600. The third-order valence-electron chi connectivity index (χ3n) is 4.14. The molecule has 0 heterocycles. The zero-order valence-electron chi connectivity index (χ0n) is 12.9. The summed E-state index contributed by atoms with van der Waals surface area (Å²) in [5.74, 6) is -0.263. The number of halogens is 2. The van der Waals surface area contributed by atoms with Gasteiger partial charge in [-0.3, -0.25) is 0 Å². The molecule has 3 heteroatoms. The second-order valence-corrected chi connectivity index (χ2v) is 6.06. The van der Waals surface area contributed by atoms with E-state index in [1.807, 2.05) is 6.07 Å². The summed E-state index contributed by atoms with van der Waals surface area (Å²) in [5, 5.41) is 4.03. The largest absolute Gasteiger partial charge is 0.316 e. The molecule has 0 bridgehead atoms. The second kappa shape index (κ2) is 8.63. The Balaban J connectivity index is 2.90. The summed E-state index contributed by atoms with van der Waals surface area (Å²) < 4.78 is 13.2. The number of hydrogen-bond donors (Lipinski definition) is 1. The molecule has 0 aliphatic carbocycles. The molecule has 0 fully saturated rings. The van der Waals surface area contributed by atoms with Crippen LogP contribution in [0.5, 0.6) is 0 Å². The van der Waals surface area contributed by atoms with Crippen LogP contribution in [-0.2, 0) is 6.42 Å². The van der Waals surface area contributed by atoms with Gasteiger partial charge in [0.25, 0.3) is 0 Å². The zero-order chi connectivity index (χ0) is 15.0. The van der Waals surface area contributed by atoms with Gasteiger partial charge >= 0.3 is 0 Å². The fourth-order valence-electron chi connectivity index (χ4n) is 2.68. The Bertz CT molecular complexity index is 398. The highest BCUT2D eigenvalue weighted by molar-refractivity contribution is 6.31. The Kier molecular flexibility index (Phi) is 7.53. The Morgan fingerprint density at radius 1 is 1.25 bits per heavy atom. The minimum absolute atomic E-state index is 0.216. The monoisotopic (exact) mass is 299 g/mol. The van der Waals surface area contributed by atoms with Gasteiger partial charge in [0.2, 0.25) is 0 Å². The first-order chi connectivity index (χ1) is 9.56. The maximum absolute atomic E-state index is 13.2. The van der Waals surface area contributed by atoms with Crippen LogP contribution in [0.25, 0.3) is 0 Å². The van der Waals surface area contributed by atoms with E-state index in [-0.39, 0.29) is 11.2 Å². The first-order valence-electron chi connectivity index (χ1n) is 7.71. The van der Waals surface area contributed by atoms with E-state index in [0.717, 1.165) is 31.5 Å². The summed E-state index contributed by atoms with van der Waals surface area (Å²) in [6.07, 6.45) is 5.62. The van der Waals surface area contributed by atoms with Gasteiger partial charge in [0.05, 0.1) is 0 Å². The Morgan fingerprint density at radius 3 is 2.55 bits per heavy atom. The smallest absolute Gasteiger partial charge is 0.124 e. The summed E-state index contributed by atoms with van der Waals surface area (Å²) >= 11 is 6.20. The average Bonchev–Trinajstić information content (AvgIpc) is 2.45. The van der Waals surface area contributed by atoms with Crippen molar-refractivity contribution in [3.05, 3.63) is 34.6 Å². The quantitative estimate of drug-likeness (QED) is 0.659. The van der Waals surface area contributed by atoms with Crippen molar-refractivity contribution in [3.8, 4) is 0 Å². The highest BCUT2D eigenvalue weighted by Gasteiger charge is 2.28. The molecule has 1 N–H and O–H groups in total. The van der Waals surface area contributed by atoms with Crippen LogP contribution in [0.3, 0.4) is 0 Å². The summed E-state index contributed by atoms with van der Waals surface area (Å²) in [4.78, 5) is 0. The first-order valence-corrected chi connectivity index (χ1v) is 8.09. The molecule has 0 saturated carbocycles. The molecule has 1 atom stereocenters. The lowest BCUT2D eigenvalue weighted by atomic mass is 9.75. The topological polar surface area (TPSA) is 12.0 Å². The van der Waals surface area contributed by atoms with Crippen molar-refractivity contribution < 1.29 is 4.39 Å². The fraction of sp³-hybridized carbons (Fsp3) is 0.647. The number of nitrogens with one attached hydrogen (secondary N) is 1. The van der Waals surface area contributed by atoms with Gasteiger partial charge in [0, 0.05) is 11.6 Å². The van der Waals surface area contributed by atoms with E-state index in [1.54, 1.807) is 0 Å². The summed E-state index contributed by atoms with van der Waals surface area (Å²) in [6.45, 7) is 8.56. The van der Waals surface area contributed by atoms with E-state index in [9.17, 15) is 4.39 Å². The minimum atomic E-state index is -0.263. The van der Waals surface area contributed by atoms with Crippen LogP contribution in [0, 0.1) is 11.2 Å². The van der Waals surface area contributed by atoms with Gasteiger partial charge in [0.15, 0.2) is 0 Å². The molecule has 0 amide bonds. The van der Waals surface area contributed by atoms with Crippen LogP contribution < -0.4 is 5.32 Å². The molecule has 0 aromatic heterocycles. The van der Waals surface area contributed by atoms with Crippen molar-refractivity contribution in [2.24, 2.45) is 5.41 Å². The van der Waals surface area contributed by atoms with E-state index in [0.29, 0.717) is 5.02 Å². The molecule has 0 spiro atoms. The van der Waals surface area contributed by atoms with Crippen molar-refractivity contribution in [1.82, 2.24) is 5.32 Å². The van der Waals surface area contributed by atoms with Crippen molar-refractivity contribution in [1.29, 1.82) is 0 Å². The zero-order valence-corrected chi connectivity index (χ0v) is 13.7.